The average molecular weight is 312 g/mol. The largest absolute Gasteiger partial charge is 0.497 e. The van der Waals surface area contributed by atoms with Crippen molar-refractivity contribution in [3.63, 3.8) is 0 Å². The number of rotatable bonds is 1. The molecule has 2 heteroatoms. The topological polar surface area (TPSA) is 29.5 Å². The van der Waals surface area contributed by atoms with Crippen LogP contribution in [0.25, 0.3) is 0 Å². The van der Waals surface area contributed by atoms with Gasteiger partial charge in [0.1, 0.15) is 5.75 Å². The molecular formula is C21H28O2. The monoisotopic (exact) mass is 312 g/mol. The Balaban J connectivity index is 1.80. The lowest BCUT2D eigenvalue weighted by molar-refractivity contribution is -0.0148. The Morgan fingerprint density at radius 1 is 1.30 bits per heavy atom. The lowest BCUT2D eigenvalue weighted by Crippen LogP contribution is -2.47. The molecule has 0 heterocycles. The zero-order valence-electron chi connectivity index (χ0n) is 14.5. The van der Waals surface area contributed by atoms with Gasteiger partial charge in [-0.2, -0.15) is 0 Å². The Morgan fingerprint density at radius 3 is 2.83 bits per heavy atom. The Hall–Kier alpha value is -1.28. The van der Waals surface area contributed by atoms with Crippen LogP contribution in [0.5, 0.6) is 5.75 Å². The van der Waals surface area contributed by atoms with Crippen LogP contribution in [0, 0.1) is 23.2 Å². The Kier molecular flexibility index (Phi) is 3.39. The summed E-state index contributed by atoms with van der Waals surface area (Å²) in [4.78, 5) is 0. The maximum Gasteiger partial charge on any atom is 0.119 e. The van der Waals surface area contributed by atoms with Crippen molar-refractivity contribution in [2.24, 2.45) is 23.2 Å². The first-order chi connectivity index (χ1) is 11.0. The molecule has 2 saturated carbocycles. The summed E-state index contributed by atoms with van der Waals surface area (Å²) < 4.78 is 5.42. The number of aliphatic hydroxyl groups is 1. The van der Waals surface area contributed by atoms with Gasteiger partial charge in [-0.25, -0.2) is 0 Å². The normalized spacial score (nSPS) is 41.9. The molecule has 1 aromatic carbocycles. The standard InChI is InChI=1S/C21H28O2/c1-12-9-14-10-15(23-4)5-6-16(14)19-13(2)11-21(3)17(20(12)19)7-8-18(21)22/h5-6,10,12,17-20,22H,2,7-9,11H2,1,3-4H3/t12?,17-,18?,19+,20-,21-/m0/s1. The fraction of sp³-hybridized carbons (Fsp3) is 0.619. The summed E-state index contributed by atoms with van der Waals surface area (Å²) in [5.41, 5.74) is 4.26. The van der Waals surface area contributed by atoms with E-state index >= 15 is 0 Å². The van der Waals surface area contributed by atoms with Crippen LogP contribution >= 0.6 is 0 Å². The molecule has 0 aromatic heterocycles. The quantitative estimate of drug-likeness (QED) is 0.782. The van der Waals surface area contributed by atoms with E-state index < -0.39 is 0 Å². The molecule has 2 fully saturated rings. The molecule has 4 rings (SSSR count). The summed E-state index contributed by atoms with van der Waals surface area (Å²) in [5.74, 6) is 3.30. The van der Waals surface area contributed by atoms with E-state index in [1.54, 1.807) is 7.11 Å². The van der Waals surface area contributed by atoms with Crippen molar-refractivity contribution < 1.29 is 9.84 Å². The van der Waals surface area contributed by atoms with Crippen molar-refractivity contribution in [2.45, 2.75) is 51.6 Å². The molecule has 124 valence electrons. The van der Waals surface area contributed by atoms with Crippen LogP contribution in [0.4, 0.5) is 0 Å². The predicted molar refractivity (Wildman–Crippen MR) is 92.7 cm³/mol. The van der Waals surface area contributed by atoms with Gasteiger partial charge in [0.15, 0.2) is 0 Å². The summed E-state index contributed by atoms with van der Waals surface area (Å²) in [6.07, 6.45) is 4.05. The van der Waals surface area contributed by atoms with Crippen molar-refractivity contribution in [1.29, 1.82) is 0 Å². The Labute approximate surface area is 139 Å². The second kappa shape index (κ2) is 5.11. The van der Waals surface area contributed by atoms with E-state index in [1.807, 2.05) is 0 Å². The number of aliphatic hydroxyl groups excluding tert-OH is 1. The lowest BCUT2D eigenvalue weighted by Gasteiger charge is -2.53. The molecule has 2 unspecified atom stereocenters. The fourth-order valence-corrected chi connectivity index (χ4v) is 6.05. The van der Waals surface area contributed by atoms with E-state index in [-0.39, 0.29) is 11.5 Å². The molecule has 23 heavy (non-hydrogen) atoms. The van der Waals surface area contributed by atoms with E-state index in [0.717, 1.165) is 25.0 Å². The Bertz CT molecular complexity index is 649. The molecule has 6 atom stereocenters. The third-order valence-electron chi connectivity index (χ3n) is 7.14. The van der Waals surface area contributed by atoms with Gasteiger partial charge >= 0.3 is 0 Å². The average Bonchev–Trinajstić information content (AvgIpc) is 2.81. The molecule has 0 spiro atoms. The summed E-state index contributed by atoms with van der Waals surface area (Å²) in [7, 11) is 1.74. The summed E-state index contributed by atoms with van der Waals surface area (Å²) in [6.45, 7) is 9.16. The van der Waals surface area contributed by atoms with Crippen LogP contribution in [-0.2, 0) is 6.42 Å². The van der Waals surface area contributed by atoms with Gasteiger partial charge in [-0.1, -0.05) is 32.1 Å². The van der Waals surface area contributed by atoms with Gasteiger partial charge in [-0.3, -0.25) is 0 Å². The minimum atomic E-state index is -0.158. The zero-order valence-corrected chi connectivity index (χ0v) is 14.5. The minimum Gasteiger partial charge on any atom is -0.497 e. The molecule has 2 nitrogen and oxygen atoms in total. The minimum absolute atomic E-state index is 0.0382. The van der Waals surface area contributed by atoms with E-state index in [0.29, 0.717) is 23.7 Å². The van der Waals surface area contributed by atoms with Gasteiger partial charge in [-0.15, -0.1) is 0 Å². The van der Waals surface area contributed by atoms with Gasteiger partial charge in [-0.05, 0) is 66.7 Å². The molecule has 3 aliphatic rings. The van der Waals surface area contributed by atoms with Crippen LogP contribution < -0.4 is 4.74 Å². The SMILES string of the molecule is C=C1C[C@]2(C)C(O)CC[C@H]2[C@@H]2C(C)Cc3cc(OC)ccc3[C@@H]12. The number of allylic oxidation sites excluding steroid dienone is 1. The predicted octanol–water partition coefficient (Wildman–Crippen LogP) is 4.32. The van der Waals surface area contributed by atoms with Crippen molar-refractivity contribution in [1.82, 2.24) is 0 Å². The van der Waals surface area contributed by atoms with Gasteiger partial charge in [0.2, 0.25) is 0 Å². The number of fused-ring (bicyclic) bond motifs is 5. The van der Waals surface area contributed by atoms with Gasteiger partial charge in [0.05, 0.1) is 13.2 Å². The van der Waals surface area contributed by atoms with Crippen LogP contribution in [0.3, 0.4) is 0 Å². The smallest absolute Gasteiger partial charge is 0.119 e. The molecule has 3 aliphatic carbocycles. The third-order valence-corrected chi connectivity index (χ3v) is 7.14. The summed E-state index contributed by atoms with van der Waals surface area (Å²) in [5, 5.41) is 10.6. The van der Waals surface area contributed by atoms with Crippen LogP contribution in [0.2, 0.25) is 0 Å². The molecule has 1 aromatic rings. The van der Waals surface area contributed by atoms with Crippen LogP contribution in [0.1, 0.15) is 50.2 Å². The lowest BCUT2D eigenvalue weighted by atomic mass is 9.51. The van der Waals surface area contributed by atoms with E-state index in [2.05, 4.69) is 38.6 Å². The maximum absolute atomic E-state index is 10.6. The van der Waals surface area contributed by atoms with Crippen LogP contribution in [0.15, 0.2) is 30.4 Å². The first kappa shape index (κ1) is 15.3. The number of benzene rings is 1. The highest BCUT2D eigenvalue weighted by Crippen LogP contribution is 2.63. The molecule has 1 N–H and O–H groups in total. The fourth-order valence-electron chi connectivity index (χ4n) is 6.05. The van der Waals surface area contributed by atoms with Crippen molar-refractivity contribution in [3.05, 3.63) is 41.5 Å². The van der Waals surface area contributed by atoms with Crippen molar-refractivity contribution in [3.8, 4) is 5.75 Å². The van der Waals surface area contributed by atoms with Crippen LogP contribution in [-0.4, -0.2) is 18.3 Å². The van der Waals surface area contributed by atoms with Gasteiger partial charge in [0, 0.05) is 11.3 Å². The Morgan fingerprint density at radius 2 is 2.09 bits per heavy atom. The second-order valence-corrected chi connectivity index (χ2v) is 8.34. The van der Waals surface area contributed by atoms with Gasteiger partial charge in [0.25, 0.3) is 0 Å². The highest BCUT2D eigenvalue weighted by Gasteiger charge is 2.57. The van der Waals surface area contributed by atoms with Crippen molar-refractivity contribution in [2.75, 3.05) is 7.11 Å². The molecular weight excluding hydrogens is 284 g/mol. The first-order valence-electron chi connectivity index (χ1n) is 8.98. The highest BCUT2D eigenvalue weighted by atomic mass is 16.5. The number of ether oxygens (including phenoxy) is 1. The number of hydrogen-bond donors (Lipinski definition) is 1. The number of methoxy groups -OCH3 is 1. The molecule has 0 saturated heterocycles. The molecule has 0 aliphatic heterocycles. The van der Waals surface area contributed by atoms with Gasteiger partial charge < -0.3 is 9.84 Å². The third kappa shape index (κ3) is 2.04. The number of hydrogen-bond acceptors (Lipinski definition) is 2. The summed E-state index contributed by atoms with van der Waals surface area (Å²) >= 11 is 0. The maximum atomic E-state index is 10.6. The molecule has 0 radical (unpaired) electrons. The highest BCUT2D eigenvalue weighted by molar-refractivity contribution is 5.45. The molecule has 0 amide bonds. The second-order valence-electron chi connectivity index (χ2n) is 8.34. The zero-order chi connectivity index (χ0) is 16.4. The molecule has 0 bridgehead atoms. The summed E-state index contributed by atoms with van der Waals surface area (Å²) in [6, 6.07) is 6.57. The van der Waals surface area contributed by atoms with E-state index in [9.17, 15) is 5.11 Å². The van der Waals surface area contributed by atoms with E-state index in [4.69, 9.17) is 4.74 Å². The first-order valence-corrected chi connectivity index (χ1v) is 8.98. The van der Waals surface area contributed by atoms with E-state index in [1.165, 1.54) is 23.1 Å². The van der Waals surface area contributed by atoms with Crippen molar-refractivity contribution >= 4 is 0 Å².